The topological polar surface area (TPSA) is 9.23 Å². The van der Waals surface area contributed by atoms with Crippen molar-refractivity contribution in [3.63, 3.8) is 0 Å². The second-order valence-electron chi connectivity index (χ2n) is 2.22. The summed E-state index contributed by atoms with van der Waals surface area (Å²) in [6.45, 7) is 2.10. The van der Waals surface area contributed by atoms with Crippen LogP contribution in [0.1, 0.15) is 12.5 Å². The van der Waals surface area contributed by atoms with Crippen LogP contribution < -0.4 is 4.74 Å². The Morgan fingerprint density at radius 3 is 2.73 bits per heavy atom. The van der Waals surface area contributed by atoms with E-state index >= 15 is 0 Å². The lowest BCUT2D eigenvalue weighted by Gasteiger charge is -2.07. The summed E-state index contributed by atoms with van der Waals surface area (Å²) < 4.78 is 6.17. The van der Waals surface area contributed by atoms with Crippen molar-refractivity contribution in [2.75, 3.05) is 7.11 Å². The van der Waals surface area contributed by atoms with Crippen LogP contribution in [0, 0.1) is 6.07 Å². The predicted molar refractivity (Wildman–Crippen MR) is 48.9 cm³/mol. The molecule has 1 aromatic rings. The quantitative estimate of drug-likeness (QED) is 0.735. The van der Waals surface area contributed by atoms with Crippen molar-refractivity contribution in [2.24, 2.45) is 0 Å². The monoisotopic (exact) mass is 213 g/mol. The summed E-state index contributed by atoms with van der Waals surface area (Å²) in [6, 6.07) is 6.84. The van der Waals surface area contributed by atoms with Crippen molar-refractivity contribution in [3.8, 4) is 5.75 Å². The van der Waals surface area contributed by atoms with Gasteiger partial charge in [0, 0.05) is 0 Å². The van der Waals surface area contributed by atoms with Gasteiger partial charge < -0.3 is 4.74 Å². The highest BCUT2D eigenvalue weighted by atomic mass is 79.9. The van der Waals surface area contributed by atoms with E-state index in [2.05, 4.69) is 28.9 Å². The molecule has 59 valence electrons. The van der Waals surface area contributed by atoms with E-state index in [1.165, 1.54) is 5.56 Å². The van der Waals surface area contributed by atoms with Crippen molar-refractivity contribution < 1.29 is 4.74 Å². The van der Waals surface area contributed by atoms with Gasteiger partial charge in [-0.15, -0.1) is 0 Å². The number of benzene rings is 1. The molecule has 1 nitrogen and oxygen atoms in total. The van der Waals surface area contributed by atoms with E-state index in [9.17, 15) is 0 Å². The van der Waals surface area contributed by atoms with Crippen molar-refractivity contribution in [3.05, 3.63) is 28.2 Å². The summed E-state index contributed by atoms with van der Waals surface area (Å²) in [6.07, 6.45) is 0.971. The highest BCUT2D eigenvalue weighted by Gasteiger charge is 2.03. The molecule has 0 saturated heterocycles. The molecular weight excluding hydrogens is 204 g/mol. The van der Waals surface area contributed by atoms with E-state index in [1.807, 2.05) is 12.1 Å². The van der Waals surface area contributed by atoms with Gasteiger partial charge >= 0.3 is 0 Å². The van der Waals surface area contributed by atoms with Gasteiger partial charge in [-0.2, -0.15) is 0 Å². The van der Waals surface area contributed by atoms with Crippen LogP contribution in [0.5, 0.6) is 5.75 Å². The second kappa shape index (κ2) is 3.77. The maximum Gasteiger partial charge on any atom is 0.136 e. The summed E-state index contributed by atoms with van der Waals surface area (Å²) >= 11 is 3.39. The smallest absolute Gasteiger partial charge is 0.136 e. The number of hydrogen-bond acceptors (Lipinski definition) is 1. The SMILES string of the molecule is CCc1c[c]cc(Br)c1OC. The lowest BCUT2D eigenvalue weighted by atomic mass is 10.1. The van der Waals surface area contributed by atoms with Gasteiger partial charge in [-0.05, 0) is 46.1 Å². The van der Waals surface area contributed by atoms with E-state index in [1.54, 1.807) is 7.11 Å². The van der Waals surface area contributed by atoms with Gasteiger partial charge in [0.2, 0.25) is 0 Å². The number of halogens is 1. The highest BCUT2D eigenvalue weighted by Crippen LogP contribution is 2.28. The Morgan fingerprint density at radius 2 is 2.27 bits per heavy atom. The second-order valence-corrected chi connectivity index (χ2v) is 3.07. The average molecular weight is 214 g/mol. The number of methoxy groups -OCH3 is 1. The molecule has 0 aromatic heterocycles. The van der Waals surface area contributed by atoms with Gasteiger partial charge in [-0.1, -0.05) is 6.92 Å². The lowest BCUT2D eigenvalue weighted by molar-refractivity contribution is 0.407. The minimum absolute atomic E-state index is 0.922. The molecule has 0 heterocycles. The zero-order valence-electron chi connectivity index (χ0n) is 6.65. The molecule has 0 aliphatic heterocycles. The van der Waals surface area contributed by atoms with E-state index in [4.69, 9.17) is 4.74 Å². The van der Waals surface area contributed by atoms with Crippen LogP contribution >= 0.6 is 15.9 Å². The molecule has 0 aliphatic carbocycles. The van der Waals surface area contributed by atoms with Gasteiger partial charge in [0.05, 0.1) is 11.6 Å². The third kappa shape index (κ3) is 1.74. The maximum atomic E-state index is 5.20. The van der Waals surface area contributed by atoms with Crippen molar-refractivity contribution in [1.82, 2.24) is 0 Å². The van der Waals surface area contributed by atoms with E-state index in [0.717, 1.165) is 16.6 Å². The molecular formula is C9H10BrO. The van der Waals surface area contributed by atoms with E-state index in [-0.39, 0.29) is 0 Å². The number of aryl methyl sites for hydroxylation is 1. The van der Waals surface area contributed by atoms with Crippen molar-refractivity contribution >= 4 is 15.9 Å². The number of ether oxygens (including phenoxy) is 1. The van der Waals surface area contributed by atoms with Crippen LogP contribution in [0.15, 0.2) is 16.6 Å². The van der Waals surface area contributed by atoms with Gasteiger partial charge in [-0.3, -0.25) is 0 Å². The summed E-state index contributed by atoms with van der Waals surface area (Å²) in [7, 11) is 1.68. The molecule has 0 aliphatic rings. The molecule has 0 spiro atoms. The first kappa shape index (κ1) is 8.60. The number of rotatable bonds is 2. The minimum Gasteiger partial charge on any atom is -0.495 e. The molecule has 11 heavy (non-hydrogen) atoms. The number of hydrogen-bond donors (Lipinski definition) is 0. The molecule has 0 unspecified atom stereocenters. The standard InChI is InChI=1S/C9H10BrO/c1-3-7-5-4-6-8(10)9(7)11-2/h5-6H,3H2,1-2H3. The Kier molecular flexibility index (Phi) is 2.94. The lowest BCUT2D eigenvalue weighted by Crippen LogP contribution is -1.90. The Morgan fingerprint density at radius 1 is 1.55 bits per heavy atom. The molecule has 0 atom stereocenters. The van der Waals surface area contributed by atoms with Crippen LogP contribution in [0.3, 0.4) is 0 Å². The largest absolute Gasteiger partial charge is 0.495 e. The molecule has 0 N–H and O–H groups in total. The average Bonchev–Trinajstić information content (AvgIpc) is 2.04. The molecule has 1 rings (SSSR count). The first-order chi connectivity index (χ1) is 5.29. The van der Waals surface area contributed by atoms with Crippen molar-refractivity contribution in [2.45, 2.75) is 13.3 Å². The van der Waals surface area contributed by atoms with Crippen LogP contribution in [0.2, 0.25) is 0 Å². The molecule has 0 bridgehead atoms. The van der Waals surface area contributed by atoms with Crippen LogP contribution in [0.25, 0.3) is 0 Å². The third-order valence-corrected chi connectivity index (χ3v) is 2.15. The Balaban J connectivity index is 3.13. The van der Waals surface area contributed by atoms with Crippen molar-refractivity contribution in [1.29, 1.82) is 0 Å². The Bertz CT molecular complexity index is 245. The Labute approximate surface area is 75.5 Å². The normalized spacial score (nSPS) is 9.73. The maximum absolute atomic E-state index is 5.20. The summed E-state index contributed by atoms with van der Waals surface area (Å²) in [5.74, 6) is 0.922. The van der Waals surface area contributed by atoms with E-state index < -0.39 is 0 Å². The molecule has 0 amide bonds. The molecule has 1 radical (unpaired) electrons. The molecule has 0 fully saturated rings. The molecule has 2 heteroatoms. The Hall–Kier alpha value is -0.500. The molecule has 0 saturated carbocycles. The van der Waals surface area contributed by atoms with Gasteiger partial charge in [0.25, 0.3) is 0 Å². The van der Waals surface area contributed by atoms with Gasteiger partial charge in [-0.25, -0.2) is 0 Å². The predicted octanol–water partition coefficient (Wildman–Crippen LogP) is 2.82. The fraction of sp³-hybridized carbons (Fsp3) is 0.333. The van der Waals surface area contributed by atoms with Crippen LogP contribution in [-0.2, 0) is 6.42 Å². The summed E-state index contributed by atoms with van der Waals surface area (Å²) in [5, 5.41) is 0. The van der Waals surface area contributed by atoms with Gasteiger partial charge in [0.15, 0.2) is 0 Å². The molecule has 1 aromatic carbocycles. The summed E-state index contributed by atoms with van der Waals surface area (Å²) in [4.78, 5) is 0. The fourth-order valence-corrected chi connectivity index (χ4v) is 1.54. The third-order valence-electron chi connectivity index (χ3n) is 1.56. The van der Waals surface area contributed by atoms with Gasteiger partial charge in [0.1, 0.15) is 5.75 Å². The first-order valence-corrected chi connectivity index (χ1v) is 4.31. The zero-order chi connectivity index (χ0) is 8.27. The minimum atomic E-state index is 0.922. The van der Waals surface area contributed by atoms with Crippen LogP contribution in [0.4, 0.5) is 0 Å². The fourth-order valence-electron chi connectivity index (χ4n) is 0.991. The summed E-state index contributed by atoms with van der Waals surface area (Å²) in [5.41, 5.74) is 1.18. The van der Waals surface area contributed by atoms with E-state index in [0.29, 0.717) is 0 Å². The highest BCUT2D eigenvalue weighted by molar-refractivity contribution is 9.10. The first-order valence-electron chi connectivity index (χ1n) is 3.52. The van der Waals surface area contributed by atoms with Crippen LogP contribution in [-0.4, -0.2) is 7.11 Å². The zero-order valence-corrected chi connectivity index (χ0v) is 8.23.